The van der Waals surface area contributed by atoms with Crippen LogP contribution in [0.25, 0.3) is 11.2 Å². The van der Waals surface area contributed by atoms with Crippen LogP contribution in [0.5, 0.6) is 0 Å². The number of hydrogen-bond acceptors (Lipinski definition) is 13. The molecule has 2 atom stereocenters. The highest BCUT2D eigenvalue weighted by Gasteiger charge is 2.23. The smallest absolute Gasteiger partial charge is 0.326 e. The summed E-state index contributed by atoms with van der Waals surface area (Å²) < 4.78 is 0. The summed E-state index contributed by atoms with van der Waals surface area (Å²) in [5, 5.41) is 31.8. The maximum Gasteiger partial charge on any atom is 0.326 e. The molecule has 0 bridgehead atoms. The average molecular weight is 586 g/mol. The van der Waals surface area contributed by atoms with Crippen molar-refractivity contribution in [2.75, 3.05) is 30.0 Å². The lowest BCUT2D eigenvalue weighted by atomic mass is 10.1. The van der Waals surface area contributed by atoms with E-state index in [0.29, 0.717) is 17.8 Å². The van der Waals surface area contributed by atoms with Crippen LogP contribution in [-0.2, 0) is 25.8 Å². The highest BCUT2D eigenvalue weighted by molar-refractivity contribution is 5.97. The Morgan fingerprint density at radius 3 is 2.36 bits per heavy atom. The molecule has 17 heteroatoms. The van der Waals surface area contributed by atoms with Gasteiger partial charge in [-0.05, 0) is 37.1 Å². The van der Waals surface area contributed by atoms with E-state index < -0.39 is 35.8 Å². The number of rotatable bonds is 15. The minimum absolute atomic E-state index is 0.000711. The van der Waals surface area contributed by atoms with E-state index in [4.69, 9.17) is 21.8 Å². The number of carbonyl (C=O) groups excluding carboxylic acids is 2. The summed E-state index contributed by atoms with van der Waals surface area (Å²) in [6, 6.07) is 4.24. The summed E-state index contributed by atoms with van der Waals surface area (Å²) in [4.78, 5) is 69.8. The SMILES string of the molecule is CN(Cc1cnc2nc(N)nc(N)c2n1)c1ccc(C(=O)N[C@@H](CCC(=O)N[C@@H](CCC(=O)O)COO)C(=O)O)cc1. The molecule has 2 aromatic heterocycles. The number of aromatic nitrogens is 4. The van der Waals surface area contributed by atoms with Crippen LogP contribution in [0.3, 0.4) is 0 Å². The fourth-order valence-electron chi connectivity index (χ4n) is 3.92. The van der Waals surface area contributed by atoms with Crippen LogP contribution < -0.4 is 27.0 Å². The number of nitrogens with zero attached hydrogens (tertiary/aromatic N) is 5. The summed E-state index contributed by atoms with van der Waals surface area (Å²) >= 11 is 0. The van der Waals surface area contributed by atoms with Crippen molar-refractivity contribution in [1.82, 2.24) is 30.6 Å². The lowest BCUT2D eigenvalue weighted by Gasteiger charge is -2.20. The first-order chi connectivity index (χ1) is 20.0. The van der Waals surface area contributed by atoms with Gasteiger partial charge in [-0.3, -0.25) is 19.6 Å². The molecule has 9 N–H and O–H groups in total. The number of benzene rings is 1. The fourth-order valence-corrected chi connectivity index (χ4v) is 3.92. The number of nitrogen functional groups attached to an aromatic ring is 2. The Morgan fingerprint density at radius 1 is 1.00 bits per heavy atom. The van der Waals surface area contributed by atoms with E-state index in [1.54, 1.807) is 19.2 Å². The number of aliphatic carboxylic acids is 2. The quantitative estimate of drug-likeness (QED) is 0.0915. The molecule has 2 heterocycles. The molecule has 42 heavy (non-hydrogen) atoms. The van der Waals surface area contributed by atoms with Crippen molar-refractivity contribution in [1.29, 1.82) is 0 Å². The molecule has 0 spiro atoms. The summed E-state index contributed by atoms with van der Waals surface area (Å²) in [5.41, 5.74) is 13.6. The third-order valence-electron chi connectivity index (χ3n) is 6.08. The predicted molar refractivity (Wildman–Crippen MR) is 148 cm³/mol. The van der Waals surface area contributed by atoms with Crippen molar-refractivity contribution in [2.45, 2.75) is 44.3 Å². The predicted octanol–water partition coefficient (Wildman–Crippen LogP) is 0.0230. The van der Waals surface area contributed by atoms with Crippen molar-refractivity contribution in [3.05, 3.63) is 41.7 Å². The van der Waals surface area contributed by atoms with E-state index in [0.717, 1.165) is 5.69 Å². The van der Waals surface area contributed by atoms with Gasteiger partial charge in [0.25, 0.3) is 5.91 Å². The van der Waals surface area contributed by atoms with Crippen molar-refractivity contribution in [3.8, 4) is 0 Å². The lowest BCUT2D eigenvalue weighted by molar-refractivity contribution is -0.246. The molecular formula is C25H31N9O8. The second kappa shape index (κ2) is 14.5. The highest BCUT2D eigenvalue weighted by atomic mass is 17.1. The standard InChI is InChI=1S/C25H31N9O8/c1-34(11-15-10-28-22-20(30-15)21(26)32-25(27)33-22)16-5-2-13(3-6-16)23(38)31-17(24(39)40)7-8-18(35)29-14(12-42-41)4-9-19(36)37/h2-3,5-6,10,14,17,41H,4,7-9,11-12H2,1H3,(H,29,35)(H,31,38)(H,36,37)(H,39,40)(H4,26,27,28,32,33)/t14-,17-/m0/s1. The molecule has 0 aliphatic carbocycles. The molecular weight excluding hydrogens is 554 g/mol. The second-order valence-corrected chi connectivity index (χ2v) is 9.30. The zero-order valence-electron chi connectivity index (χ0n) is 22.6. The van der Waals surface area contributed by atoms with E-state index in [-0.39, 0.29) is 55.3 Å². The monoisotopic (exact) mass is 585 g/mol. The summed E-state index contributed by atoms with van der Waals surface area (Å²) in [6.07, 6.45) is 0.762. The summed E-state index contributed by atoms with van der Waals surface area (Å²) in [7, 11) is 1.80. The molecule has 0 radical (unpaired) electrons. The van der Waals surface area contributed by atoms with Crippen LogP contribution >= 0.6 is 0 Å². The first kappa shape index (κ1) is 31.4. The third-order valence-corrected chi connectivity index (χ3v) is 6.08. The number of carboxylic acids is 2. The minimum Gasteiger partial charge on any atom is -0.481 e. The molecule has 17 nitrogen and oxygen atoms in total. The Labute approximate surface area is 238 Å². The number of nitrogens with two attached hydrogens (primary N) is 2. The van der Waals surface area contributed by atoms with Gasteiger partial charge in [0.15, 0.2) is 17.0 Å². The number of anilines is 3. The van der Waals surface area contributed by atoms with E-state index in [9.17, 15) is 24.3 Å². The summed E-state index contributed by atoms with van der Waals surface area (Å²) in [5.74, 6) is -3.56. The lowest BCUT2D eigenvalue weighted by Crippen LogP contribution is -2.43. The number of hydrogen-bond donors (Lipinski definition) is 7. The van der Waals surface area contributed by atoms with Crippen LogP contribution in [0.1, 0.15) is 41.7 Å². The second-order valence-electron chi connectivity index (χ2n) is 9.30. The topological polar surface area (TPSA) is 269 Å². The van der Waals surface area contributed by atoms with Crippen LogP contribution in [0.2, 0.25) is 0 Å². The zero-order valence-corrected chi connectivity index (χ0v) is 22.6. The first-order valence-electron chi connectivity index (χ1n) is 12.6. The van der Waals surface area contributed by atoms with Gasteiger partial charge >= 0.3 is 11.9 Å². The maximum absolute atomic E-state index is 12.7. The maximum atomic E-state index is 12.7. The Balaban J connectivity index is 1.56. The normalized spacial score (nSPS) is 12.3. The molecule has 0 aliphatic rings. The van der Waals surface area contributed by atoms with Crippen molar-refractivity contribution >= 4 is 52.4 Å². The molecule has 0 unspecified atom stereocenters. The van der Waals surface area contributed by atoms with Gasteiger partial charge in [0.05, 0.1) is 24.5 Å². The van der Waals surface area contributed by atoms with Gasteiger partial charge in [-0.2, -0.15) is 9.97 Å². The molecule has 3 rings (SSSR count). The van der Waals surface area contributed by atoms with E-state index in [1.807, 2.05) is 4.90 Å². The van der Waals surface area contributed by atoms with Gasteiger partial charge < -0.3 is 37.2 Å². The van der Waals surface area contributed by atoms with Gasteiger partial charge in [-0.25, -0.2) is 19.7 Å². The van der Waals surface area contributed by atoms with Gasteiger partial charge in [0.1, 0.15) is 12.6 Å². The number of nitrogens with one attached hydrogen (secondary N) is 2. The van der Waals surface area contributed by atoms with E-state index >= 15 is 0 Å². The van der Waals surface area contributed by atoms with Crippen LogP contribution in [0.4, 0.5) is 17.5 Å². The number of carbonyl (C=O) groups is 4. The average Bonchev–Trinajstić information content (AvgIpc) is 2.94. The van der Waals surface area contributed by atoms with Crippen LogP contribution in [-0.4, -0.2) is 84.9 Å². The Bertz CT molecular complexity index is 1440. The Hall–Kier alpha value is -5.16. The highest BCUT2D eigenvalue weighted by Crippen LogP contribution is 2.19. The number of fused-ring (bicyclic) bond motifs is 1. The largest absolute Gasteiger partial charge is 0.481 e. The van der Waals surface area contributed by atoms with Crippen molar-refractivity contribution < 1.29 is 39.5 Å². The van der Waals surface area contributed by atoms with Gasteiger partial charge in [0, 0.05) is 31.1 Å². The van der Waals surface area contributed by atoms with Crippen LogP contribution in [0.15, 0.2) is 30.5 Å². The first-order valence-corrected chi connectivity index (χ1v) is 12.6. The summed E-state index contributed by atoms with van der Waals surface area (Å²) in [6.45, 7) is 0.00114. The molecule has 2 amide bonds. The van der Waals surface area contributed by atoms with E-state index in [2.05, 4.69) is 35.5 Å². The van der Waals surface area contributed by atoms with E-state index in [1.165, 1.54) is 18.3 Å². The Morgan fingerprint density at radius 2 is 1.71 bits per heavy atom. The third kappa shape index (κ3) is 8.93. The molecule has 0 aliphatic heterocycles. The minimum atomic E-state index is -1.37. The Kier molecular flexibility index (Phi) is 10.8. The number of carboxylic acid groups (broad SMARTS) is 2. The van der Waals surface area contributed by atoms with Crippen molar-refractivity contribution in [2.24, 2.45) is 0 Å². The molecule has 0 fully saturated rings. The van der Waals surface area contributed by atoms with Crippen molar-refractivity contribution in [3.63, 3.8) is 0 Å². The molecule has 1 aromatic carbocycles. The molecule has 3 aromatic rings. The van der Waals surface area contributed by atoms with Gasteiger partial charge in [0.2, 0.25) is 11.9 Å². The zero-order chi connectivity index (χ0) is 30.8. The molecule has 0 saturated carbocycles. The number of amides is 2. The molecule has 0 saturated heterocycles. The van der Waals surface area contributed by atoms with Crippen LogP contribution in [0, 0.1) is 0 Å². The van der Waals surface area contributed by atoms with Gasteiger partial charge in [-0.1, -0.05) is 0 Å². The fraction of sp³-hybridized carbons (Fsp3) is 0.360. The van der Waals surface area contributed by atoms with Gasteiger partial charge in [-0.15, -0.1) is 0 Å². The molecule has 224 valence electrons.